The van der Waals surface area contributed by atoms with Crippen molar-refractivity contribution in [3.63, 3.8) is 0 Å². The summed E-state index contributed by atoms with van der Waals surface area (Å²) in [7, 11) is 3.75. The molecule has 1 saturated heterocycles. The van der Waals surface area contributed by atoms with Gasteiger partial charge in [0.15, 0.2) is 0 Å². The molecule has 0 radical (unpaired) electrons. The third-order valence-corrected chi connectivity index (χ3v) is 7.01. The number of hydrogen-bond acceptors (Lipinski definition) is 3. The predicted molar refractivity (Wildman–Crippen MR) is 123 cm³/mol. The molecule has 158 valence electrons. The van der Waals surface area contributed by atoms with E-state index in [0.717, 1.165) is 47.2 Å². The van der Waals surface area contributed by atoms with Crippen molar-refractivity contribution >= 4 is 45.0 Å². The minimum atomic E-state index is -0.506. The average Bonchev–Trinajstić information content (AvgIpc) is 3.26. The Balaban J connectivity index is 1.68. The van der Waals surface area contributed by atoms with Crippen molar-refractivity contribution in [1.29, 1.82) is 0 Å². The molecule has 9 heteroatoms. The highest BCUT2D eigenvalue weighted by Gasteiger charge is 2.36. The van der Waals surface area contributed by atoms with Gasteiger partial charge in [0.05, 0.1) is 31.9 Å². The molecule has 0 bridgehead atoms. The van der Waals surface area contributed by atoms with Crippen molar-refractivity contribution in [3.8, 4) is 11.3 Å². The maximum atomic E-state index is 13.4. The molecule has 1 fully saturated rings. The van der Waals surface area contributed by atoms with Gasteiger partial charge in [-0.15, -0.1) is 0 Å². The van der Waals surface area contributed by atoms with Gasteiger partial charge >= 0.3 is 0 Å². The van der Waals surface area contributed by atoms with Crippen molar-refractivity contribution in [2.24, 2.45) is 14.1 Å². The number of nitrogens with zero attached hydrogens (tertiary/aromatic N) is 3. The summed E-state index contributed by atoms with van der Waals surface area (Å²) in [5.41, 5.74) is 2.88. The zero-order valence-electron chi connectivity index (χ0n) is 16.7. The van der Waals surface area contributed by atoms with Crippen LogP contribution in [0.2, 0.25) is 10.0 Å². The summed E-state index contributed by atoms with van der Waals surface area (Å²) in [6.07, 6.45) is 5.21. The van der Waals surface area contributed by atoms with Crippen LogP contribution in [0.3, 0.4) is 0 Å². The monoisotopic (exact) mass is 509 g/mol. The lowest BCUT2D eigenvalue weighted by molar-refractivity contribution is 0.0864. The van der Waals surface area contributed by atoms with Gasteiger partial charge in [0.25, 0.3) is 5.91 Å². The van der Waals surface area contributed by atoms with Gasteiger partial charge in [0, 0.05) is 25.9 Å². The third-order valence-electron chi connectivity index (χ3n) is 5.69. The van der Waals surface area contributed by atoms with Crippen LogP contribution in [0.5, 0.6) is 0 Å². The fourth-order valence-corrected chi connectivity index (χ4v) is 4.94. The van der Waals surface area contributed by atoms with E-state index in [9.17, 15) is 4.79 Å². The zero-order chi connectivity index (χ0) is 21.5. The number of benzene rings is 1. The van der Waals surface area contributed by atoms with Crippen LogP contribution in [0.15, 0.2) is 41.1 Å². The topological polar surface area (TPSA) is 63.9 Å². The van der Waals surface area contributed by atoms with E-state index in [1.165, 1.54) is 0 Å². The first-order valence-corrected chi connectivity index (χ1v) is 11.2. The molecule has 2 aromatic heterocycles. The number of nitrogens with one attached hydrogen (secondary N) is 2. The van der Waals surface area contributed by atoms with Crippen molar-refractivity contribution in [3.05, 3.63) is 62.4 Å². The standard InChI is InChI=1S/C21H22BrCl2N5O/c1-28-12-13(19-15(22)11-26-29(19)2)9-18(28)20(30)27-21(5-7-25-8-6-21)14-3-4-16(23)17(24)10-14/h3-4,9-12,25H,5-8H2,1-2H3,(H,27,30). The van der Waals surface area contributed by atoms with Crippen LogP contribution in [-0.4, -0.2) is 33.3 Å². The first-order valence-electron chi connectivity index (χ1n) is 9.64. The lowest BCUT2D eigenvalue weighted by Crippen LogP contribution is -2.52. The molecular formula is C21H22BrCl2N5O. The fourth-order valence-electron chi connectivity index (χ4n) is 4.07. The molecule has 1 amide bonds. The molecule has 0 atom stereocenters. The Morgan fingerprint density at radius 1 is 1.20 bits per heavy atom. The summed E-state index contributed by atoms with van der Waals surface area (Å²) in [5, 5.41) is 11.9. The molecule has 1 aromatic carbocycles. The Morgan fingerprint density at radius 3 is 2.57 bits per heavy atom. The summed E-state index contributed by atoms with van der Waals surface area (Å²) in [6.45, 7) is 1.61. The van der Waals surface area contributed by atoms with Crippen molar-refractivity contribution < 1.29 is 4.79 Å². The number of carbonyl (C=O) groups is 1. The summed E-state index contributed by atoms with van der Waals surface area (Å²) in [5.74, 6) is -0.130. The van der Waals surface area contributed by atoms with Crippen LogP contribution in [-0.2, 0) is 19.6 Å². The van der Waals surface area contributed by atoms with Crippen molar-refractivity contribution in [2.45, 2.75) is 18.4 Å². The highest BCUT2D eigenvalue weighted by atomic mass is 79.9. The van der Waals surface area contributed by atoms with Crippen LogP contribution in [0.4, 0.5) is 0 Å². The van der Waals surface area contributed by atoms with Gasteiger partial charge in [-0.3, -0.25) is 9.48 Å². The molecule has 0 aliphatic carbocycles. The Bertz CT molecular complexity index is 1080. The molecule has 3 heterocycles. The van der Waals surface area contributed by atoms with E-state index in [1.807, 2.05) is 43.1 Å². The second-order valence-electron chi connectivity index (χ2n) is 7.60. The highest BCUT2D eigenvalue weighted by molar-refractivity contribution is 9.10. The van der Waals surface area contributed by atoms with E-state index in [-0.39, 0.29) is 5.91 Å². The van der Waals surface area contributed by atoms with Crippen LogP contribution in [0.25, 0.3) is 11.3 Å². The normalized spacial score (nSPS) is 15.9. The van der Waals surface area contributed by atoms with Gasteiger partial charge in [-0.05, 0) is 65.6 Å². The summed E-state index contributed by atoms with van der Waals surface area (Å²) in [6, 6.07) is 7.48. The maximum Gasteiger partial charge on any atom is 0.268 e. The smallest absolute Gasteiger partial charge is 0.268 e. The number of halogens is 3. The Hall–Kier alpha value is -1.80. The second kappa shape index (κ2) is 8.38. The van der Waals surface area contributed by atoms with E-state index in [1.54, 1.807) is 16.9 Å². The number of aryl methyl sites for hydroxylation is 2. The third kappa shape index (κ3) is 3.91. The number of piperidine rings is 1. The molecule has 3 aromatic rings. The number of carbonyl (C=O) groups excluding carboxylic acids is 1. The molecule has 1 aliphatic heterocycles. The van der Waals surface area contributed by atoms with E-state index < -0.39 is 5.54 Å². The average molecular weight is 511 g/mol. The molecule has 30 heavy (non-hydrogen) atoms. The number of hydrogen-bond donors (Lipinski definition) is 2. The molecule has 4 rings (SSSR count). The Labute approximate surface area is 193 Å². The zero-order valence-corrected chi connectivity index (χ0v) is 19.8. The van der Waals surface area contributed by atoms with E-state index in [2.05, 4.69) is 31.7 Å². The number of rotatable bonds is 4. The van der Waals surface area contributed by atoms with Gasteiger partial charge < -0.3 is 15.2 Å². The van der Waals surface area contributed by atoms with Crippen LogP contribution in [0.1, 0.15) is 28.9 Å². The first kappa shape index (κ1) is 21.4. The minimum Gasteiger partial charge on any atom is -0.346 e. The molecule has 6 nitrogen and oxygen atoms in total. The first-order chi connectivity index (χ1) is 14.3. The van der Waals surface area contributed by atoms with Crippen LogP contribution >= 0.6 is 39.1 Å². The Morgan fingerprint density at radius 2 is 1.93 bits per heavy atom. The maximum absolute atomic E-state index is 13.4. The minimum absolute atomic E-state index is 0.130. The van der Waals surface area contributed by atoms with Gasteiger partial charge in [-0.1, -0.05) is 29.3 Å². The fraction of sp³-hybridized carbons (Fsp3) is 0.333. The van der Waals surface area contributed by atoms with E-state index in [4.69, 9.17) is 23.2 Å². The van der Waals surface area contributed by atoms with Crippen molar-refractivity contribution in [2.75, 3.05) is 13.1 Å². The summed E-state index contributed by atoms with van der Waals surface area (Å²) in [4.78, 5) is 13.4. The predicted octanol–water partition coefficient (Wildman–Crippen LogP) is 4.50. The summed E-state index contributed by atoms with van der Waals surface area (Å²) >= 11 is 15.9. The SMILES string of the molecule is Cn1cc(-c2c(Br)cnn2C)cc1C(=O)NC1(c2ccc(Cl)c(Cl)c2)CCNCC1. The lowest BCUT2D eigenvalue weighted by atomic mass is 9.81. The van der Waals surface area contributed by atoms with Gasteiger partial charge in [0.2, 0.25) is 0 Å². The van der Waals surface area contributed by atoms with Crippen LogP contribution in [0, 0.1) is 0 Å². The van der Waals surface area contributed by atoms with Crippen LogP contribution < -0.4 is 10.6 Å². The molecule has 0 spiro atoms. The second-order valence-corrected chi connectivity index (χ2v) is 9.27. The molecule has 1 aliphatic rings. The Kier molecular flexibility index (Phi) is 5.99. The number of aromatic nitrogens is 3. The molecular weight excluding hydrogens is 489 g/mol. The van der Waals surface area contributed by atoms with E-state index >= 15 is 0 Å². The van der Waals surface area contributed by atoms with Gasteiger partial charge in [-0.2, -0.15) is 5.10 Å². The summed E-state index contributed by atoms with van der Waals surface area (Å²) < 4.78 is 4.51. The molecule has 0 unspecified atom stereocenters. The largest absolute Gasteiger partial charge is 0.346 e. The van der Waals surface area contributed by atoms with Gasteiger partial charge in [0.1, 0.15) is 5.69 Å². The lowest BCUT2D eigenvalue weighted by Gasteiger charge is -2.39. The van der Waals surface area contributed by atoms with Gasteiger partial charge in [-0.25, -0.2) is 0 Å². The highest BCUT2D eigenvalue weighted by Crippen LogP contribution is 2.35. The van der Waals surface area contributed by atoms with Crippen molar-refractivity contribution in [1.82, 2.24) is 25.0 Å². The molecule has 2 N–H and O–H groups in total. The van der Waals surface area contributed by atoms with E-state index in [0.29, 0.717) is 15.7 Å². The molecule has 0 saturated carbocycles. The quantitative estimate of drug-likeness (QED) is 0.543. The number of amides is 1.